The van der Waals surface area contributed by atoms with Gasteiger partial charge in [0.2, 0.25) is 11.7 Å². The Bertz CT molecular complexity index is 645. The van der Waals surface area contributed by atoms with Gasteiger partial charge in [-0.25, -0.2) is 0 Å². The predicted molar refractivity (Wildman–Crippen MR) is 82.1 cm³/mol. The first kappa shape index (κ1) is 14.2. The molecule has 1 saturated carbocycles. The van der Waals surface area contributed by atoms with Crippen LogP contribution in [0.5, 0.6) is 0 Å². The first-order chi connectivity index (χ1) is 9.50. The Morgan fingerprint density at radius 1 is 1.45 bits per heavy atom. The number of pyridine rings is 1. The van der Waals surface area contributed by atoms with Crippen molar-refractivity contribution in [2.24, 2.45) is 5.73 Å². The molecule has 106 valence electrons. The van der Waals surface area contributed by atoms with E-state index in [2.05, 4.69) is 53.9 Å². The van der Waals surface area contributed by atoms with Gasteiger partial charge in [0.25, 0.3) is 0 Å². The maximum absolute atomic E-state index is 6.18. The molecule has 1 aliphatic carbocycles. The molecule has 7 heteroatoms. The van der Waals surface area contributed by atoms with Gasteiger partial charge in [0.05, 0.1) is 5.41 Å². The Labute approximate surface area is 133 Å². The van der Waals surface area contributed by atoms with Crippen molar-refractivity contribution in [3.05, 3.63) is 27.1 Å². The normalized spacial score (nSPS) is 26.1. The first-order valence-electron chi connectivity index (χ1n) is 6.42. The number of rotatable bonds is 2. The van der Waals surface area contributed by atoms with Crippen molar-refractivity contribution in [3.8, 4) is 11.5 Å². The van der Waals surface area contributed by atoms with Crippen LogP contribution in [0.15, 0.2) is 25.7 Å². The summed E-state index contributed by atoms with van der Waals surface area (Å²) in [4.78, 5) is 8.83. The second-order valence-corrected chi connectivity index (χ2v) is 7.09. The summed E-state index contributed by atoms with van der Waals surface area (Å²) in [5.74, 6) is 1.09. The zero-order valence-electron chi connectivity index (χ0n) is 10.9. The molecule has 0 radical (unpaired) electrons. The second kappa shape index (κ2) is 5.20. The number of aromatic nitrogens is 3. The molecule has 2 N–H and O–H groups in total. The first-order valence-corrected chi connectivity index (χ1v) is 8.00. The van der Waals surface area contributed by atoms with E-state index in [1.165, 1.54) is 0 Å². The maximum atomic E-state index is 6.18. The molecule has 0 saturated heterocycles. The molecule has 2 atom stereocenters. The van der Waals surface area contributed by atoms with Crippen LogP contribution in [0.2, 0.25) is 0 Å². The predicted octanol–water partition coefficient (Wildman–Crippen LogP) is 3.43. The largest absolute Gasteiger partial charge is 0.338 e. The van der Waals surface area contributed by atoms with Crippen molar-refractivity contribution in [1.29, 1.82) is 0 Å². The van der Waals surface area contributed by atoms with E-state index in [1.807, 2.05) is 6.07 Å². The van der Waals surface area contributed by atoms with Crippen molar-refractivity contribution in [2.75, 3.05) is 0 Å². The molecule has 1 fully saturated rings. The summed E-state index contributed by atoms with van der Waals surface area (Å²) in [5, 5.41) is 4.05. The minimum atomic E-state index is -0.229. The molecule has 0 aliphatic heterocycles. The minimum Gasteiger partial charge on any atom is -0.338 e. The topological polar surface area (TPSA) is 77.8 Å². The summed E-state index contributed by atoms with van der Waals surface area (Å²) in [7, 11) is 0. The number of hydrogen-bond acceptors (Lipinski definition) is 5. The van der Waals surface area contributed by atoms with E-state index in [1.54, 1.807) is 6.20 Å². The Hall–Kier alpha value is -0.790. The average molecular weight is 402 g/mol. The molecule has 2 unspecified atom stereocenters. The van der Waals surface area contributed by atoms with Gasteiger partial charge in [0, 0.05) is 21.2 Å². The summed E-state index contributed by atoms with van der Waals surface area (Å²) < 4.78 is 7.16. The standard InChI is InChI=1S/C13H14Br2N4O/c1-13(4-2-3-9(13)16)12-18-11(19-20-12)10-8(15)5-7(14)6-17-10/h5-6,9H,2-4,16H2,1H3. The third-order valence-electron chi connectivity index (χ3n) is 3.96. The van der Waals surface area contributed by atoms with Gasteiger partial charge in [-0.15, -0.1) is 0 Å². The third kappa shape index (κ3) is 2.31. The fourth-order valence-electron chi connectivity index (χ4n) is 2.59. The number of nitrogens with zero attached hydrogens (tertiary/aromatic N) is 3. The zero-order chi connectivity index (χ0) is 14.3. The van der Waals surface area contributed by atoms with Gasteiger partial charge in [-0.05, 0) is 57.7 Å². The summed E-state index contributed by atoms with van der Waals surface area (Å²) in [6, 6.07) is 1.97. The van der Waals surface area contributed by atoms with E-state index in [9.17, 15) is 0 Å². The van der Waals surface area contributed by atoms with Crippen LogP contribution in [0.3, 0.4) is 0 Å². The highest BCUT2D eigenvalue weighted by atomic mass is 79.9. The molecular weight excluding hydrogens is 388 g/mol. The molecule has 5 nitrogen and oxygen atoms in total. The summed E-state index contributed by atoms with van der Waals surface area (Å²) in [6.07, 6.45) is 4.77. The molecule has 0 bridgehead atoms. The second-order valence-electron chi connectivity index (χ2n) is 5.32. The monoisotopic (exact) mass is 400 g/mol. The lowest BCUT2D eigenvalue weighted by atomic mass is 9.85. The van der Waals surface area contributed by atoms with Crippen LogP contribution in [0, 0.1) is 0 Å². The Morgan fingerprint density at radius 2 is 2.25 bits per heavy atom. The third-order valence-corrected chi connectivity index (χ3v) is 5.00. The van der Waals surface area contributed by atoms with Crippen LogP contribution >= 0.6 is 31.9 Å². The van der Waals surface area contributed by atoms with Crippen molar-refractivity contribution >= 4 is 31.9 Å². The zero-order valence-corrected chi connectivity index (χ0v) is 14.1. The summed E-state index contributed by atoms with van der Waals surface area (Å²) in [6.45, 7) is 2.09. The van der Waals surface area contributed by atoms with Crippen molar-refractivity contribution in [3.63, 3.8) is 0 Å². The Morgan fingerprint density at radius 3 is 2.90 bits per heavy atom. The van der Waals surface area contributed by atoms with Crippen molar-refractivity contribution in [2.45, 2.75) is 37.6 Å². The highest BCUT2D eigenvalue weighted by molar-refractivity contribution is 9.11. The fourth-order valence-corrected chi connectivity index (χ4v) is 3.75. The van der Waals surface area contributed by atoms with Crippen molar-refractivity contribution in [1.82, 2.24) is 15.1 Å². The molecule has 0 spiro atoms. The van der Waals surface area contributed by atoms with Gasteiger partial charge in [-0.3, -0.25) is 4.98 Å². The lowest BCUT2D eigenvalue weighted by Crippen LogP contribution is -2.38. The molecule has 0 amide bonds. The quantitative estimate of drug-likeness (QED) is 0.833. The van der Waals surface area contributed by atoms with Crippen molar-refractivity contribution < 1.29 is 4.52 Å². The summed E-state index contributed by atoms with van der Waals surface area (Å²) >= 11 is 6.83. The van der Waals surface area contributed by atoms with Gasteiger partial charge in [0.15, 0.2) is 0 Å². The van der Waals surface area contributed by atoms with Gasteiger partial charge < -0.3 is 10.3 Å². The Balaban J connectivity index is 1.98. The van der Waals surface area contributed by atoms with Crippen LogP contribution in [-0.2, 0) is 5.41 Å². The highest BCUT2D eigenvalue weighted by Gasteiger charge is 2.42. The van der Waals surface area contributed by atoms with E-state index >= 15 is 0 Å². The summed E-state index contributed by atoms with van der Waals surface area (Å²) in [5.41, 5.74) is 6.62. The minimum absolute atomic E-state index is 0.0668. The van der Waals surface area contributed by atoms with E-state index < -0.39 is 0 Å². The van der Waals surface area contributed by atoms with Crippen LogP contribution in [0.1, 0.15) is 32.1 Å². The molecule has 2 aromatic rings. The fraction of sp³-hybridized carbons (Fsp3) is 0.462. The SMILES string of the molecule is CC1(c2nc(-c3ncc(Br)cc3Br)no2)CCCC1N. The highest BCUT2D eigenvalue weighted by Crippen LogP contribution is 2.39. The van der Waals surface area contributed by atoms with Gasteiger partial charge in [-0.1, -0.05) is 11.6 Å². The van der Waals surface area contributed by atoms with E-state index in [0.29, 0.717) is 17.4 Å². The molecule has 0 aromatic carbocycles. The molecule has 3 rings (SSSR count). The van der Waals surface area contributed by atoms with E-state index in [4.69, 9.17) is 10.3 Å². The average Bonchev–Trinajstić information content (AvgIpc) is 2.99. The molecule has 2 aromatic heterocycles. The van der Waals surface area contributed by atoms with Gasteiger partial charge in [0.1, 0.15) is 5.69 Å². The molecule has 1 aliphatic rings. The number of nitrogens with two attached hydrogens (primary N) is 1. The Kier molecular flexibility index (Phi) is 3.68. The van der Waals surface area contributed by atoms with Crippen LogP contribution < -0.4 is 5.73 Å². The number of halogens is 2. The van der Waals surface area contributed by atoms with Crippen LogP contribution in [0.25, 0.3) is 11.5 Å². The van der Waals surface area contributed by atoms with E-state index in [0.717, 1.165) is 28.2 Å². The van der Waals surface area contributed by atoms with Crippen LogP contribution in [0.4, 0.5) is 0 Å². The van der Waals surface area contributed by atoms with Crippen LogP contribution in [-0.4, -0.2) is 21.2 Å². The lowest BCUT2D eigenvalue weighted by Gasteiger charge is -2.23. The van der Waals surface area contributed by atoms with E-state index in [-0.39, 0.29) is 11.5 Å². The molecule has 2 heterocycles. The maximum Gasteiger partial charge on any atom is 0.234 e. The lowest BCUT2D eigenvalue weighted by molar-refractivity contribution is 0.278. The van der Waals surface area contributed by atoms with Gasteiger partial charge >= 0.3 is 0 Å². The molecule has 20 heavy (non-hydrogen) atoms. The smallest absolute Gasteiger partial charge is 0.234 e. The van der Waals surface area contributed by atoms with Gasteiger partial charge in [-0.2, -0.15) is 4.98 Å². The molecular formula is C13H14Br2N4O. The number of hydrogen-bond donors (Lipinski definition) is 1.